The third kappa shape index (κ3) is 2.00. The van der Waals surface area contributed by atoms with Crippen molar-refractivity contribution >= 4 is 11.3 Å². The Kier molecular flexibility index (Phi) is 2.58. The van der Waals surface area contributed by atoms with Crippen LogP contribution in [0.1, 0.15) is 17.5 Å². The summed E-state index contributed by atoms with van der Waals surface area (Å²) in [6.45, 7) is 2.86. The van der Waals surface area contributed by atoms with E-state index in [1.165, 1.54) is 17.8 Å². The molecule has 0 atom stereocenters. The van der Waals surface area contributed by atoms with Crippen molar-refractivity contribution in [2.24, 2.45) is 7.05 Å². The summed E-state index contributed by atoms with van der Waals surface area (Å²) in [6, 6.07) is 5.31. The van der Waals surface area contributed by atoms with E-state index in [0.717, 1.165) is 16.7 Å². The molecular weight excluding hydrogens is 230 g/mol. The van der Waals surface area contributed by atoms with Crippen LogP contribution in [0, 0.1) is 6.92 Å². The van der Waals surface area contributed by atoms with Crippen LogP contribution in [-0.4, -0.2) is 9.78 Å². The first-order valence-corrected chi connectivity index (χ1v) is 5.69. The van der Waals surface area contributed by atoms with Crippen LogP contribution in [0.2, 0.25) is 0 Å². The highest BCUT2D eigenvalue weighted by molar-refractivity contribution is 7.15. The van der Waals surface area contributed by atoms with Crippen molar-refractivity contribution in [2.45, 2.75) is 19.8 Å². The lowest BCUT2D eigenvalue weighted by Gasteiger charge is -2.08. The Labute approximate surface area is 96.5 Å². The van der Waals surface area contributed by atoms with Crippen LogP contribution in [0.25, 0.3) is 10.6 Å². The quantitative estimate of drug-likeness (QED) is 0.787. The van der Waals surface area contributed by atoms with Gasteiger partial charge in [0.1, 0.15) is 11.4 Å². The van der Waals surface area contributed by atoms with Gasteiger partial charge in [-0.3, -0.25) is 4.68 Å². The number of nitrogens with zero attached hydrogens (tertiary/aromatic N) is 2. The van der Waals surface area contributed by atoms with Gasteiger partial charge in [0, 0.05) is 18.8 Å². The van der Waals surface area contributed by atoms with Crippen molar-refractivity contribution in [3.8, 4) is 10.6 Å². The second-order valence-electron chi connectivity index (χ2n) is 3.84. The molecule has 0 spiro atoms. The van der Waals surface area contributed by atoms with Crippen LogP contribution in [0.3, 0.4) is 0 Å². The van der Waals surface area contributed by atoms with Crippen molar-refractivity contribution in [1.82, 2.24) is 9.78 Å². The number of thiophene rings is 1. The minimum absolute atomic E-state index is 0.0615. The topological polar surface area (TPSA) is 17.8 Å². The van der Waals surface area contributed by atoms with E-state index in [4.69, 9.17) is 0 Å². The normalized spacial score (nSPS) is 12.1. The molecule has 2 aromatic rings. The molecule has 2 aromatic heterocycles. The number of aryl methyl sites for hydroxylation is 2. The van der Waals surface area contributed by atoms with E-state index in [1.54, 1.807) is 11.3 Å². The standard InChI is InChI=1S/C11H12F2N2S/c1-7-4-5-9(16-7)8-6-10(11(2,12)13)15(3)14-8/h4-6H,1-3H3. The lowest BCUT2D eigenvalue weighted by atomic mass is 10.2. The van der Waals surface area contributed by atoms with Crippen LogP contribution in [0.4, 0.5) is 8.78 Å². The third-order valence-electron chi connectivity index (χ3n) is 2.32. The van der Waals surface area contributed by atoms with Gasteiger partial charge in [-0.2, -0.15) is 13.9 Å². The van der Waals surface area contributed by atoms with E-state index in [-0.39, 0.29) is 5.69 Å². The third-order valence-corrected chi connectivity index (χ3v) is 3.35. The molecule has 0 fully saturated rings. The van der Waals surface area contributed by atoms with Gasteiger partial charge in [0.25, 0.3) is 5.92 Å². The van der Waals surface area contributed by atoms with E-state index in [1.807, 2.05) is 19.1 Å². The molecule has 0 aliphatic carbocycles. The summed E-state index contributed by atoms with van der Waals surface area (Å²) in [5.74, 6) is -2.85. The Morgan fingerprint density at radius 1 is 1.38 bits per heavy atom. The first kappa shape index (κ1) is 11.3. The highest BCUT2D eigenvalue weighted by Gasteiger charge is 2.29. The van der Waals surface area contributed by atoms with Crippen LogP contribution in [-0.2, 0) is 13.0 Å². The summed E-state index contributed by atoms with van der Waals surface area (Å²) in [4.78, 5) is 2.06. The molecule has 0 aromatic carbocycles. The molecule has 2 rings (SSSR count). The van der Waals surface area contributed by atoms with Crippen molar-refractivity contribution in [2.75, 3.05) is 0 Å². The first-order valence-electron chi connectivity index (χ1n) is 4.87. The number of hydrogen-bond donors (Lipinski definition) is 0. The predicted molar refractivity (Wildman–Crippen MR) is 60.8 cm³/mol. The molecule has 2 heterocycles. The van der Waals surface area contributed by atoms with Crippen molar-refractivity contribution in [3.63, 3.8) is 0 Å². The Hall–Kier alpha value is -1.23. The van der Waals surface area contributed by atoms with Gasteiger partial charge in [0.2, 0.25) is 0 Å². The maximum atomic E-state index is 13.2. The fourth-order valence-corrected chi connectivity index (χ4v) is 2.39. The van der Waals surface area contributed by atoms with Gasteiger partial charge in [0.05, 0.1) is 4.88 Å². The van der Waals surface area contributed by atoms with Gasteiger partial charge in [0.15, 0.2) is 0 Å². The summed E-state index contributed by atoms with van der Waals surface area (Å²) >= 11 is 1.55. The molecular formula is C11H12F2N2S. The molecule has 0 saturated carbocycles. The van der Waals surface area contributed by atoms with E-state index in [2.05, 4.69) is 5.10 Å². The Balaban J connectivity index is 2.46. The van der Waals surface area contributed by atoms with Crippen LogP contribution >= 0.6 is 11.3 Å². The van der Waals surface area contributed by atoms with Gasteiger partial charge in [-0.15, -0.1) is 11.3 Å². The lowest BCUT2D eigenvalue weighted by Crippen LogP contribution is -2.12. The van der Waals surface area contributed by atoms with Gasteiger partial charge >= 0.3 is 0 Å². The average molecular weight is 242 g/mol. The fourth-order valence-electron chi connectivity index (χ4n) is 1.57. The highest BCUT2D eigenvalue weighted by Crippen LogP contribution is 2.32. The number of aromatic nitrogens is 2. The van der Waals surface area contributed by atoms with Crippen LogP contribution in [0.5, 0.6) is 0 Å². The van der Waals surface area contributed by atoms with Gasteiger partial charge in [-0.05, 0) is 25.1 Å². The summed E-state index contributed by atoms with van der Waals surface area (Å²) in [5, 5.41) is 4.11. The van der Waals surface area contributed by atoms with E-state index in [0.29, 0.717) is 5.69 Å². The Morgan fingerprint density at radius 2 is 2.06 bits per heavy atom. The summed E-state index contributed by atoms with van der Waals surface area (Å²) < 4.78 is 27.6. The molecule has 86 valence electrons. The smallest absolute Gasteiger partial charge is 0.266 e. The second kappa shape index (κ2) is 3.66. The maximum Gasteiger partial charge on any atom is 0.286 e. The molecule has 2 nitrogen and oxygen atoms in total. The molecule has 0 amide bonds. The average Bonchev–Trinajstić information content (AvgIpc) is 2.70. The lowest BCUT2D eigenvalue weighted by molar-refractivity contribution is 0.00883. The molecule has 0 saturated heterocycles. The van der Waals surface area contributed by atoms with Gasteiger partial charge in [-0.1, -0.05) is 0 Å². The van der Waals surface area contributed by atoms with Crippen LogP contribution < -0.4 is 0 Å². The van der Waals surface area contributed by atoms with E-state index < -0.39 is 5.92 Å². The molecule has 16 heavy (non-hydrogen) atoms. The zero-order valence-corrected chi connectivity index (χ0v) is 10.1. The van der Waals surface area contributed by atoms with Crippen molar-refractivity contribution < 1.29 is 8.78 Å². The number of hydrogen-bond acceptors (Lipinski definition) is 2. The zero-order valence-electron chi connectivity index (χ0n) is 9.29. The SMILES string of the molecule is Cc1ccc(-c2cc(C(C)(F)F)n(C)n2)s1. The van der Waals surface area contributed by atoms with Gasteiger partial charge in [-0.25, -0.2) is 0 Å². The molecule has 0 N–H and O–H groups in total. The Morgan fingerprint density at radius 3 is 2.50 bits per heavy atom. The summed E-state index contributed by atoms with van der Waals surface area (Å²) in [5.41, 5.74) is 0.547. The Bertz CT molecular complexity index is 508. The predicted octanol–water partition coefficient (Wildman–Crippen LogP) is 3.57. The van der Waals surface area contributed by atoms with Gasteiger partial charge < -0.3 is 0 Å². The fraction of sp³-hybridized carbons (Fsp3) is 0.364. The highest BCUT2D eigenvalue weighted by atomic mass is 32.1. The van der Waals surface area contributed by atoms with E-state index >= 15 is 0 Å². The minimum Gasteiger partial charge on any atom is -0.266 e. The molecule has 0 aliphatic heterocycles. The minimum atomic E-state index is -2.85. The summed E-state index contributed by atoms with van der Waals surface area (Å²) in [7, 11) is 1.54. The van der Waals surface area contributed by atoms with Crippen molar-refractivity contribution in [1.29, 1.82) is 0 Å². The van der Waals surface area contributed by atoms with Crippen LogP contribution in [0.15, 0.2) is 18.2 Å². The second-order valence-corrected chi connectivity index (χ2v) is 5.12. The monoisotopic (exact) mass is 242 g/mol. The number of rotatable bonds is 2. The molecule has 0 aliphatic rings. The number of halogens is 2. The molecule has 0 radical (unpaired) electrons. The number of alkyl halides is 2. The first-order chi connectivity index (χ1) is 7.38. The summed E-state index contributed by atoms with van der Waals surface area (Å²) in [6.07, 6.45) is 0. The maximum absolute atomic E-state index is 13.2. The van der Waals surface area contributed by atoms with E-state index in [9.17, 15) is 8.78 Å². The molecule has 5 heteroatoms. The molecule has 0 unspecified atom stereocenters. The largest absolute Gasteiger partial charge is 0.286 e. The van der Waals surface area contributed by atoms with Crippen molar-refractivity contribution in [3.05, 3.63) is 28.8 Å². The zero-order chi connectivity index (χ0) is 11.9. The molecule has 0 bridgehead atoms.